The van der Waals surface area contributed by atoms with Crippen molar-refractivity contribution in [3.05, 3.63) is 76.0 Å². The van der Waals surface area contributed by atoms with Gasteiger partial charge in [0.2, 0.25) is 0 Å². The fraction of sp³-hybridized carbons (Fsp3) is 0.0667. The molecule has 0 bridgehead atoms. The van der Waals surface area contributed by atoms with Crippen molar-refractivity contribution >= 4 is 5.70 Å². The minimum Gasteiger partial charge on any atom is -0.508 e. The summed E-state index contributed by atoms with van der Waals surface area (Å²) in [4.78, 5) is 10.5. The van der Waals surface area contributed by atoms with E-state index in [1.807, 2.05) is 30.3 Å². The number of nitro groups is 1. The van der Waals surface area contributed by atoms with Crippen molar-refractivity contribution in [2.45, 2.75) is 6.54 Å². The first kappa shape index (κ1) is 14.4. The van der Waals surface area contributed by atoms with Gasteiger partial charge in [0.25, 0.3) is 5.70 Å². The van der Waals surface area contributed by atoms with E-state index < -0.39 is 4.92 Å². The Morgan fingerprint density at radius 2 is 1.90 bits per heavy atom. The van der Waals surface area contributed by atoms with Gasteiger partial charge in [-0.3, -0.25) is 10.1 Å². The Morgan fingerprint density at radius 1 is 1.19 bits per heavy atom. The van der Waals surface area contributed by atoms with Crippen LogP contribution in [0.4, 0.5) is 0 Å². The third kappa shape index (κ3) is 3.73. The molecule has 0 atom stereocenters. The molecule has 0 spiro atoms. The maximum atomic E-state index is 11.1. The molecule has 2 rings (SSSR count). The van der Waals surface area contributed by atoms with Crippen LogP contribution in [0.5, 0.6) is 11.5 Å². The molecule has 0 saturated heterocycles. The van der Waals surface area contributed by atoms with Gasteiger partial charge in [-0.2, -0.15) is 0 Å². The Kier molecular flexibility index (Phi) is 4.40. The number of phenols is 2. The second kappa shape index (κ2) is 6.42. The minimum atomic E-state index is -0.619. The Balaban J connectivity index is 2.21. The lowest BCUT2D eigenvalue weighted by atomic mass is 10.1. The summed E-state index contributed by atoms with van der Waals surface area (Å²) in [7, 11) is 0. The van der Waals surface area contributed by atoms with Crippen LogP contribution in [0.25, 0.3) is 5.70 Å². The molecule has 3 N–H and O–H groups in total. The van der Waals surface area contributed by atoms with E-state index in [9.17, 15) is 20.3 Å². The molecule has 6 nitrogen and oxygen atoms in total. The fourth-order valence-corrected chi connectivity index (χ4v) is 1.82. The Bertz CT molecular complexity index is 669. The number of rotatable bonds is 5. The smallest absolute Gasteiger partial charge is 0.295 e. The van der Waals surface area contributed by atoms with Crippen LogP contribution in [0.2, 0.25) is 0 Å². The van der Waals surface area contributed by atoms with Gasteiger partial charge < -0.3 is 15.5 Å². The Hall–Kier alpha value is -3.02. The van der Waals surface area contributed by atoms with Gasteiger partial charge in [-0.05, 0) is 23.8 Å². The zero-order valence-electron chi connectivity index (χ0n) is 11.1. The highest BCUT2D eigenvalue weighted by molar-refractivity contribution is 5.65. The maximum absolute atomic E-state index is 11.1. The summed E-state index contributed by atoms with van der Waals surface area (Å²) in [6.07, 6.45) is 1.21. The van der Waals surface area contributed by atoms with E-state index in [1.54, 1.807) is 0 Å². The van der Waals surface area contributed by atoms with Crippen LogP contribution in [0.3, 0.4) is 0 Å². The quantitative estimate of drug-likeness (QED) is 0.446. The highest BCUT2D eigenvalue weighted by Crippen LogP contribution is 2.28. The summed E-state index contributed by atoms with van der Waals surface area (Å²) in [6.45, 7) is 0.414. The highest BCUT2D eigenvalue weighted by Gasteiger charge is 2.19. The van der Waals surface area contributed by atoms with Crippen LogP contribution in [-0.2, 0) is 6.54 Å². The molecule has 0 aliphatic carbocycles. The average Bonchev–Trinajstić information content (AvgIpc) is 2.47. The van der Waals surface area contributed by atoms with Crippen molar-refractivity contribution in [1.29, 1.82) is 0 Å². The molecule has 0 fully saturated rings. The molecule has 0 aromatic heterocycles. The van der Waals surface area contributed by atoms with Crippen molar-refractivity contribution in [3.63, 3.8) is 0 Å². The molecule has 0 heterocycles. The zero-order valence-corrected chi connectivity index (χ0v) is 11.1. The van der Waals surface area contributed by atoms with Crippen LogP contribution >= 0.6 is 0 Å². The molecule has 21 heavy (non-hydrogen) atoms. The van der Waals surface area contributed by atoms with Crippen molar-refractivity contribution in [3.8, 4) is 11.5 Å². The van der Waals surface area contributed by atoms with E-state index in [0.29, 0.717) is 6.54 Å². The summed E-state index contributed by atoms with van der Waals surface area (Å²) < 4.78 is 0. The number of phenolic OH excluding ortho intramolecular Hbond substituents is 2. The van der Waals surface area contributed by atoms with E-state index in [-0.39, 0.29) is 22.8 Å². The lowest BCUT2D eigenvalue weighted by Crippen LogP contribution is -2.09. The summed E-state index contributed by atoms with van der Waals surface area (Å²) in [5.41, 5.74) is 0.608. The molecule has 2 aromatic carbocycles. The first-order valence-corrected chi connectivity index (χ1v) is 6.22. The normalized spacial score (nSPS) is 11.1. The van der Waals surface area contributed by atoms with Crippen molar-refractivity contribution in [2.24, 2.45) is 0 Å². The van der Waals surface area contributed by atoms with E-state index in [1.165, 1.54) is 18.3 Å². The molecular formula is C15H14N2O4. The summed E-state index contributed by atoms with van der Waals surface area (Å²) in [6, 6.07) is 13.0. The van der Waals surface area contributed by atoms with Gasteiger partial charge in [0.1, 0.15) is 11.5 Å². The van der Waals surface area contributed by atoms with Gasteiger partial charge in [0, 0.05) is 6.54 Å². The zero-order chi connectivity index (χ0) is 15.2. The first-order chi connectivity index (χ1) is 10.1. The van der Waals surface area contributed by atoms with Crippen molar-refractivity contribution in [1.82, 2.24) is 5.32 Å². The van der Waals surface area contributed by atoms with Gasteiger partial charge in [0.05, 0.1) is 16.7 Å². The molecule has 0 saturated carbocycles. The Labute approximate surface area is 121 Å². The van der Waals surface area contributed by atoms with E-state index in [0.717, 1.165) is 11.6 Å². The highest BCUT2D eigenvalue weighted by atomic mass is 16.6. The number of benzene rings is 2. The van der Waals surface area contributed by atoms with Gasteiger partial charge in [0.15, 0.2) is 0 Å². The lowest BCUT2D eigenvalue weighted by Gasteiger charge is -2.05. The minimum absolute atomic E-state index is 0.0411. The molecule has 108 valence electrons. The first-order valence-electron chi connectivity index (χ1n) is 6.22. The van der Waals surface area contributed by atoms with E-state index in [4.69, 9.17) is 0 Å². The third-order valence-corrected chi connectivity index (χ3v) is 2.84. The van der Waals surface area contributed by atoms with Crippen LogP contribution in [0, 0.1) is 10.1 Å². The number of hydrogen-bond donors (Lipinski definition) is 3. The molecule has 0 unspecified atom stereocenters. The Morgan fingerprint density at radius 3 is 2.57 bits per heavy atom. The number of aromatic hydroxyl groups is 2. The largest absolute Gasteiger partial charge is 0.508 e. The molecule has 0 aliphatic heterocycles. The van der Waals surface area contributed by atoms with Crippen molar-refractivity contribution < 1.29 is 15.1 Å². The monoisotopic (exact) mass is 286 g/mol. The molecule has 0 amide bonds. The van der Waals surface area contributed by atoms with Crippen LogP contribution in [-0.4, -0.2) is 15.1 Å². The number of nitrogens with zero attached hydrogens (tertiary/aromatic N) is 1. The second-order valence-corrected chi connectivity index (χ2v) is 4.35. The predicted octanol–water partition coefficient (Wildman–Crippen LogP) is 2.46. The number of nitrogens with one attached hydrogen (secondary N) is 1. The van der Waals surface area contributed by atoms with Gasteiger partial charge in [-0.15, -0.1) is 0 Å². The predicted molar refractivity (Wildman–Crippen MR) is 78.0 cm³/mol. The third-order valence-electron chi connectivity index (χ3n) is 2.84. The number of hydrogen-bond acceptors (Lipinski definition) is 5. The lowest BCUT2D eigenvalue weighted by molar-refractivity contribution is -0.375. The van der Waals surface area contributed by atoms with Crippen LogP contribution in [0.1, 0.15) is 11.1 Å². The van der Waals surface area contributed by atoms with Gasteiger partial charge in [-0.1, -0.05) is 30.3 Å². The molecule has 0 radical (unpaired) electrons. The summed E-state index contributed by atoms with van der Waals surface area (Å²) in [5.74, 6) is -0.420. The van der Waals surface area contributed by atoms with E-state index in [2.05, 4.69) is 5.32 Å². The summed E-state index contributed by atoms with van der Waals surface area (Å²) >= 11 is 0. The molecule has 6 heteroatoms. The molecule has 0 aliphatic rings. The standard InChI is InChI=1S/C15H14N2O4/c18-12-6-7-15(19)13(8-12)14(17(20)21)10-16-9-11-4-2-1-3-5-11/h1-8,10,16,18-19H,9H2/b14-10+. The SMILES string of the molecule is O=[N+]([O-])/C(=C/NCc1ccccc1)c1cc(O)ccc1O. The van der Waals surface area contributed by atoms with Crippen molar-refractivity contribution in [2.75, 3.05) is 0 Å². The maximum Gasteiger partial charge on any atom is 0.295 e. The fourth-order valence-electron chi connectivity index (χ4n) is 1.82. The topological polar surface area (TPSA) is 95.6 Å². The molecule has 2 aromatic rings. The second-order valence-electron chi connectivity index (χ2n) is 4.35. The summed E-state index contributed by atoms with van der Waals surface area (Å²) in [5, 5.41) is 33.0. The van der Waals surface area contributed by atoms with Crippen LogP contribution in [0.15, 0.2) is 54.7 Å². The van der Waals surface area contributed by atoms with Crippen LogP contribution < -0.4 is 5.32 Å². The average molecular weight is 286 g/mol. The van der Waals surface area contributed by atoms with Gasteiger partial charge in [-0.25, -0.2) is 0 Å². The molecular weight excluding hydrogens is 272 g/mol. The van der Waals surface area contributed by atoms with E-state index >= 15 is 0 Å². The van der Waals surface area contributed by atoms with Gasteiger partial charge >= 0.3 is 0 Å².